The van der Waals surface area contributed by atoms with Gasteiger partial charge in [-0.25, -0.2) is 10.8 Å². The molecule has 0 bridgehead atoms. The number of hydrogen-bond acceptors (Lipinski definition) is 7. The molecule has 0 amide bonds. The van der Waals surface area contributed by atoms with Crippen molar-refractivity contribution in [1.82, 2.24) is 9.97 Å². The minimum atomic E-state index is 0.471. The fourth-order valence-corrected chi connectivity index (χ4v) is 3.66. The maximum Gasteiger partial charge on any atom is 0.240 e. The molecule has 0 unspecified atom stereocenters. The van der Waals surface area contributed by atoms with Crippen LogP contribution >= 0.6 is 11.3 Å². The highest BCUT2D eigenvalue weighted by Gasteiger charge is 2.19. The van der Waals surface area contributed by atoms with Gasteiger partial charge in [0.1, 0.15) is 10.6 Å². The summed E-state index contributed by atoms with van der Waals surface area (Å²) in [6.07, 6.45) is 2.23. The van der Waals surface area contributed by atoms with Gasteiger partial charge in [-0.05, 0) is 31.7 Å². The Labute approximate surface area is 128 Å². The molecule has 7 heteroatoms. The van der Waals surface area contributed by atoms with Crippen LogP contribution in [0.4, 0.5) is 11.8 Å². The third-order valence-corrected chi connectivity index (χ3v) is 4.80. The van der Waals surface area contributed by atoms with Crippen molar-refractivity contribution in [3.8, 4) is 0 Å². The van der Waals surface area contributed by atoms with Crippen LogP contribution in [0.5, 0.6) is 0 Å². The monoisotopic (exact) mass is 307 g/mol. The molecule has 1 fully saturated rings. The molecule has 1 aliphatic heterocycles. The van der Waals surface area contributed by atoms with Gasteiger partial charge in [0.2, 0.25) is 5.95 Å². The van der Waals surface area contributed by atoms with Gasteiger partial charge in [0.15, 0.2) is 0 Å². The van der Waals surface area contributed by atoms with Gasteiger partial charge in [-0.2, -0.15) is 4.98 Å². The van der Waals surface area contributed by atoms with Crippen molar-refractivity contribution >= 4 is 33.3 Å². The van der Waals surface area contributed by atoms with Crippen LogP contribution in [0.25, 0.3) is 10.2 Å². The molecule has 0 spiro atoms. The minimum Gasteiger partial charge on any atom is -0.381 e. The number of ether oxygens (including phenoxy) is 1. The molecular formula is C14H21N5OS. The first-order chi connectivity index (χ1) is 10.2. The highest BCUT2D eigenvalue weighted by Crippen LogP contribution is 2.32. The molecule has 3 rings (SSSR count). The van der Waals surface area contributed by atoms with Crippen LogP contribution < -0.4 is 16.2 Å². The average molecular weight is 307 g/mol. The normalized spacial score (nSPS) is 16.3. The van der Waals surface area contributed by atoms with Gasteiger partial charge in [0.25, 0.3) is 0 Å². The fraction of sp³-hybridized carbons (Fsp3) is 0.571. The standard InChI is InChI=1S/C14H21N5OS/c1-9-7-11-12(16-14(18-15)17-13(11)21-9)19(2)8-10-3-5-20-6-4-10/h7,10H,3-6,8,15H2,1-2H3,(H,16,17,18). The molecule has 0 atom stereocenters. The number of rotatable bonds is 4. The van der Waals surface area contributed by atoms with E-state index in [0.29, 0.717) is 11.9 Å². The van der Waals surface area contributed by atoms with Crippen LogP contribution in [-0.2, 0) is 4.74 Å². The molecule has 114 valence electrons. The molecule has 1 aliphatic rings. The number of nitrogens with two attached hydrogens (primary N) is 1. The molecule has 6 nitrogen and oxygen atoms in total. The van der Waals surface area contributed by atoms with E-state index in [9.17, 15) is 0 Å². The van der Waals surface area contributed by atoms with Crippen LogP contribution in [0, 0.1) is 12.8 Å². The quantitative estimate of drug-likeness (QED) is 0.666. The van der Waals surface area contributed by atoms with Crippen molar-refractivity contribution in [2.75, 3.05) is 37.1 Å². The van der Waals surface area contributed by atoms with Crippen LogP contribution in [0.2, 0.25) is 0 Å². The van der Waals surface area contributed by atoms with Crippen molar-refractivity contribution in [1.29, 1.82) is 0 Å². The van der Waals surface area contributed by atoms with E-state index >= 15 is 0 Å². The van der Waals surface area contributed by atoms with E-state index in [4.69, 9.17) is 10.6 Å². The number of aromatic nitrogens is 2. The second-order valence-corrected chi connectivity index (χ2v) is 6.76. The van der Waals surface area contributed by atoms with Crippen molar-refractivity contribution in [3.63, 3.8) is 0 Å². The molecule has 2 aromatic rings. The summed E-state index contributed by atoms with van der Waals surface area (Å²) in [4.78, 5) is 13.4. The molecule has 1 saturated heterocycles. The smallest absolute Gasteiger partial charge is 0.240 e. The van der Waals surface area contributed by atoms with E-state index < -0.39 is 0 Å². The lowest BCUT2D eigenvalue weighted by atomic mass is 10.00. The number of nitrogens with zero attached hydrogens (tertiary/aromatic N) is 3. The van der Waals surface area contributed by atoms with E-state index in [1.54, 1.807) is 11.3 Å². The maximum atomic E-state index is 5.50. The molecule has 0 radical (unpaired) electrons. The third-order valence-electron chi connectivity index (χ3n) is 3.86. The van der Waals surface area contributed by atoms with E-state index in [1.165, 1.54) is 4.88 Å². The zero-order chi connectivity index (χ0) is 14.8. The molecular weight excluding hydrogens is 286 g/mol. The summed E-state index contributed by atoms with van der Waals surface area (Å²) in [6.45, 7) is 4.80. The van der Waals surface area contributed by atoms with E-state index in [2.05, 4.69) is 40.3 Å². The number of anilines is 2. The first kappa shape index (κ1) is 14.5. The molecule has 0 saturated carbocycles. The van der Waals surface area contributed by atoms with Crippen molar-refractivity contribution in [2.45, 2.75) is 19.8 Å². The second-order valence-electron chi connectivity index (χ2n) is 5.53. The Kier molecular flexibility index (Phi) is 4.23. The Morgan fingerprint density at radius 3 is 2.90 bits per heavy atom. The Hall–Kier alpha value is -1.44. The van der Waals surface area contributed by atoms with Crippen LogP contribution in [0.15, 0.2) is 6.07 Å². The predicted octanol–water partition coefficient (Wildman–Crippen LogP) is 2.15. The van der Waals surface area contributed by atoms with E-state index in [-0.39, 0.29) is 0 Å². The first-order valence-corrected chi connectivity index (χ1v) is 8.02. The number of nitrogen functional groups attached to an aromatic ring is 1. The summed E-state index contributed by atoms with van der Waals surface area (Å²) < 4.78 is 5.43. The van der Waals surface area contributed by atoms with E-state index in [0.717, 1.165) is 48.6 Å². The number of hydrazine groups is 1. The third kappa shape index (κ3) is 3.09. The van der Waals surface area contributed by atoms with Gasteiger partial charge in [0.05, 0.1) is 5.39 Å². The van der Waals surface area contributed by atoms with Crippen LogP contribution in [0.1, 0.15) is 17.7 Å². The second kappa shape index (κ2) is 6.13. The Balaban J connectivity index is 1.89. The average Bonchev–Trinajstić information content (AvgIpc) is 2.87. The number of fused-ring (bicyclic) bond motifs is 1. The summed E-state index contributed by atoms with van der Waals surface area (Å²) >= 11 is 1.67. The largest absolute Gasteiger partial charge is 0.381 e. The molecule has 0 aliphatic carbocycles. The zero-order valence-corrected chi connectivity index (χ0v) is 13.2. The van der Waals surface area contributed by atoms with Crippen LogP contribution in [-0.4, -0.2) is 36.8 Å². The lowest BCUT2D eigenvalue weighted by Crippen LogP contribution is -2.30. The van der Waals surface area contributed by atoms with Crippen molar-refractivity contribution in [2.24, 2.45) is 11.8 Å². The van der Waals surface area contributed by atoms with E-state index in [1.807, 2.05) is 0 Å². The Morgan fingerprint density at radius 1 is 1.43 bits per heavy atom. The lowest BCUT2D eigenvalue weighted by Gasteiger charge is -2.28. The Bertz CT molecular complexity index is 623. The zero-order valence-electron chi connectivity index (χ0n) is 12.4. The van der Waals surface area contributed by atoms with Gasteiger partial charge < -0.3 is 9.64 Å². The highest BCUT2D eigenvalue weighted by molar-refractivity contribution is 7.18. The number of aryl methyl sites for hydroxylation is 1. The molecule has 2 aromatic heterocycles. The molecule has 0 aromatic carbocycles. The minimum absolute atomic E-state index is 0.471. The topological polar surface area (TPSA) is 76.3 Å². The summed E-state index contributed by atoms with van der Waals surface area (Å²) in [5, 5.41) is 1.10. The van der Waals surface area contributed by atoms with Gasteiger partial charge in [0, 0.05) is 31.7 Å². The Morgan fingerprint density at radius 2 is 2.19 bits per heavy atom. The van der Waals surface area contributed by atoms with Crippen molar-refractivity contribution in [3.05, 3.63) is 10.9 Å². The van der Waals surface area contributed by atoms with Gasteiger partial charge in [-0.3, -0.25) is 5.43 Å². The lowest BCUT2D eigenvalue weighted by molar-refractivity contribution is 0.0685. The summed E-state index contributed by atoms with van der Waals surface area (Å²) in [5.74, 6) is 7.57. The first-order valence-electron chi connectivity index (χ1n) is 7.21. The molecule has 21 heavy (non-hydrogen) atoms. The fourth-order valence-electron chi connectivity index (χ4n) is 2.79. The van der Waals surface area contributed by atoms with Gasteiger partial charge >= 0.3 is 0 Å². The summed E-state index contributed by atoms with van der Waals surface area (Å²) in [7, 11) is 2.09. The molecule has 3 heterocycles. The number of nitrogens with one attached hydrogen (secondary N) is 1. The summed E-state index contributed by atoms with van der Waals surface area (Å²) in [6, 6.07) is 2.15. The van der Waals surface area contributed by atoms with Crippen LogP contribution in [0.3, 0.4) is 0 Å². The predicted molar refractivity (Wildman–Crippen MR) is 86.8 cm³/mol. The molecule has 3 N–H and O–H groups in total. The summed E-state index contributed by atoms with van der Waals surface area (Å²) in [5.41, 5.74) is 2.57. The van der Waals surface area contributed by atoms with Gasteiger partial charge in [-0.15, -0.1) is 11.3 Å². The van der Waals surface area contributed by atoms with Gasteiger partial charge in [-0.1, -0.05) is 0 Å². The SMILES string of the molecule is Cc1cc2c(N(C)CC3CCOCC3)nc(NN)nc2s1. The van der Waals surface area contributed by atoms with Crippen molar-refractivity contribution < 1.29 is 4.74 Å². The number of hydrogen-bond donors (Lipinski definition) is 2. The number of thiophene rings is 1. The maximum absolute atomic E-state index is 5.50. The highest BCUT2D eigenvalue weighted by atomic mass is 32.1.